The van der Waals surface area contributed by atoms with Gasteiger partial charge in [-0.2, -0.15) is 0 Å². The van der Waals surface area contributed by atoms with Crippen molar-refractivity contribution in [1.29, 1.82) is 0 Å². The molecule has 1 saturated heterocycles. The van der Waals surface area contributed by atoms with Crippen LogP contribution in [0, 0.1) is 0 Å². The molecule has 0 aromatic carbocycles. The summed E-state index contributed by atoms with van der Waals surface area (Å²) in [6.45, 7) is 1.20. The van der Waals surface area contributed by atoms with E-state index < -0.39 is 28.4 Å². The van der Waals surface area contributed by atoms with Crippen LogP contribution in [0.4, 0.5) is 0 Å². The number of carbonyl (C=O) groups excluding carboxylic acids is 1. The predicted octanol–water partition coefficient (Wildman–Crippen LogP) is -0.503. The standard InChI is InChI=1S/C9H15NO5S/c1-2-8(11)10(5-9(12)13)7-3-4-16(14,15)6-7/h7H,2-6H2,1H3,(H,12,13). The second-order valence-corrected chi connectivity index (χ2v) is 6.05. The maximum Gasteiger partial charge on any atom is 0.323 e. The summed E-state index contributed by atoms with van der Waals surface area (Å²) in [5.74, 6) is -1.52. The van der Waals surface area contributed by atoms with Crippen molar-refractivity contribution >= 4 is 21.7 Å². The Kier molecular flexibility index (Phi) is 3.90. The Balaban J connectivity index is 2.78. The van der Waals surface area contributed by atoms with Crippen LogP contribution in [0.3, 0.4) is 0 Å². The van der Waals surface area contributed by atoms with Crippen molar-refractivity contribution < 1.29 is 23.1 Å². The zero-order valence-corrected chi connectivity index (χ0v) is 9.87. The monoisotopic (exact) mass is 249 g/mol. The average Bonchev–Trinajstić information content (AvgIpc) is 2.53. The number of sulfone groups is 1. The molecule has 1 rings (SSSR count). The Hall–Kier alpha value is -1.11. The van der Waals surface area contributed by atoms with Gasteiger partial charge in [-0.3, -0.25) is 9.59 Å². The highest BCUT2D eigenvalue weighted by Gasteiger charge is 2.34. The number of hydrogen-bond donors (Lipinski definition) is 1. The van der Waals surface area contributed by atoms with E-state index in [1.165, 1.54) is 0 Å². The van der Waals surface area contributed by atoms with Crippen LogP contribution >= 0.6 is 0 Å². The first-order valence-electron chi connectivity index (χ1n) is 5.07. The Morgan fingerprint density at radius 2 is 2.06 bits per heavy atom. The first-order valence-corrected chi connectivity index (χ1v) is 6.89. The van der Waals surface area contributed by atoms with Gasteiger partial charge in [0, 0.05) is 12.5 Å². The lowest BCUT2D eigenvalue weighted by Gasteiger charge is -2.25. The molecule has 0 radical (unpaired) electrons. The first kappa shape index (κ1) is 13.0. The van der Waals surface area contributed by atoms with Crippen LogP contribution in [0.5, 0.6) is 0 Å². The summed E-state index contributed by atoms with van der Waals surface area (Å²) in [6, 6.07) is -0.478. The van der Waals surface area contributed by atoms with Crippen molar-refractivity contribution in [3.63, 3.8) is 0 Å². The maximum atomic E-state index is 11.5. The molecule has 1 unspecified atom stereocenters. The van der Waals surface area contributed by atoms with Crippen LogP contribution in [0.15, 0.2) is 0 Å². The van der Waals surface area contributed by atoms with Gasteiger partial charge in [0.25, 0.3) is 0 Å². The van der Waals surface area contributed by atoms with Gasteiger partial charge in [-0.25, -0.2) is 8.42 Å². The van der Waals surface area contributed by atoms with E-state index in [4.69, 9.17) is 5.11 Å². The highest BCUT2D eigenvalue weighted by Crippen LogP contribution is 2.18. The van der Waals surface area contributed by atoms with E-state index in [9.17, 15) is 18.0 Å². The summed E-state index contributed by atoms with van der Waals surface area (Å²) in [5.41, 5.74) is 0. The fourth-order valence-corrected chi connectivity index (χ4v) is 3.52. The van der Waals surface area contributed by atoms with Gasteiger partial charge in [0.05, 0.1) is 11.5 Å². The normalized spacial score (nSPS) is 22.9. The fraction of sp³-hybridized carbons (Fsp3) is 0.778. The Bertz CT molecular complexity index is 389. The van der Waals surface area contributed by atoms with E-state index in [-0.39, 0.29) is 23.8 Å². The lowest BCUT2D eigenvalue weighted by Crippen LogP contribution is -2.43. The fourth-order valence-electron chi connectivity index (χ4n) is 1.79. The number of hydrogen-bond acceptors (Lipinski definition) is 4. The second-order valence-electron chi connectivity index (χ2n) is 3.83. The Morgan fingerprint density at radius 1 is 1.44 bits per heavy atom. The maximum absolute atomic E-state index is 11.5. The summed E-state index contributed by atoms with van der Waals surface area (Å²) in [4.78, 5) is 23.3. The van der Waals surface area contributed by atoms with Crippen LogP contribution < -0.4 is 0 Å². The zero-order valence-electron chi connectivity index (χ0n) is 9.05. The summed E-state index contributed by atoms with van der Waals surface area (Å²) < 4.78 is 22.5. The molecule has 0 bridgehead atoms. The molecular formula is C9H15NO5S. The van der Waals surface area contributed by atoms with Gasteiger partial charge in [-0.05, 0) is 6.42 Å². The molecule has 1 aliphatic heterocycles. The molecule has 0 aromatic heterocycles. The molecule has 92 valence electrons. The van der Waals surface area contributed by atoms with Crippen molar-refractivity contribution in [3.8, 4) is 0 Å². The van der Waals surface area contributed by atoms with Gasteiger partial charge >= 0.3 is 5.97 Å². The molecule has 0 spiro atoms. The van der Waals surface area contributed by atoms with Crippen molar-refractivity contribution in [2.75, 3.05) is 18.1 Å². The molecule has 1 atom stereocenters. The molecule has 1 heterocycles. The van der Waals surface area contributed by atoms with E-state index in [0.29, 0.717) is 6.42 Å². The van der Waals surface area contributed by atoms with Crippen molar-refractivity contribution in [2.24, 2.45) is 0 Å². The highest BCUT2D eigenvalue weighted by atomic mass is 32.2. The number of rotatable bonds is 4. The highest BCUT2D eigenvalue weighted by molar-refractivity contribution is 7.91. The third-order valence-electron chi connectivity index (χ3n) is 2.58. The lowest BCUT2D eigenvalue weighted by molar-refractivity contribution is -0.145. The van der Waals surface area contributed by atoms with Crippen molar-refractivity contribution in [3.05, 3.63) is 0 Å². The molecule has 1 aliphatic rings. The molecular weight excluding hydrogens is 234 g/mol. The van der Waals surface area contributed by atoms with Crippen molar-refractivity contribution in [2.45, 2.75) is 25.8 Å². The second kappa shape index (κ2) is 4.82. The third-order valence-corrected chi connectivity index (χ3v) is 4.33. The zero-order chi connectivity index (χ0) is 12.3. The molecule has 0 saturated carbocycles. The molecule has 6 nitrogen and oxygen atoms in total. The summed E-state index contributed by atoms with van der Waals surface area (Å²) >= 11 is 0. The van der Waals surface area contributed by atoms with E-state index in [2.05, 4.69) is 0 Å². The van der Waals surface area contributed by atoms with Gasteiger partial charge in [-0.1, -0.05) is 6.92 Å². The molecule has 0 aliphatic carbocycles. The van der Waals surface area contributed by atoms with E-state index >= 15 is 0 Å². The van der Waals surface area contributed by atoms with Crippen LogP contribution in [-0.2, 0) is 19.4 Å². The minimum absolute atomic E-state index is 0.0325. The van der Waals surface area contributed by atoms with Gasteiger partial charge in [0.2, 0.25) is 5.91 Å². The van der Waals surface area contributed by atoms with E-state index in [1.807, 2.05) is 0 Å². The lowest BCUT2D eigenvalue weighted by atomic mass is 10.2. The van der Waals surface area contributed by atoms with Crippen LogP contribution in [0.2, 0.25) is 0 Å². The summed E-state index contributed by atoms with van der Waals surface area (Å²) in [7, 11) is -3.10. The Labute approximate surface area is 94.2 Å². The minimum Gasteiger partial charge on any atom is -0.480 e. The number of carboxylic acids is 1. The molecule has 1 fully saturated rings. The van der Waals surface area contributed by atoms with Gasteiger partial charge in [0.15, 0.2) is 9.84 Å². The number of carbonyl (C=O) groups is 2. The van der Waals surface area contributed by atoms with Crippen LogP contribution in [0.1, 0.15) is 19.8 Å². The van der Waals surface area contributed by atoms with Crippen LogP contribution in [0.25, 0.3) is 0 Å². The topological polar surface area (TPSA) is 91.8 Å². The third kappa shape index (κ3) is 3.19. The van der Waals surface area contributed by atoms with Crippen LogP contribution in [-0.4, -0.2) is 54.4 Å². The molecule has 7 heteroatoms. The van der Waals surface area contributed by atoms with Gasteiger partial charge < -0.3 is 10.0 Å². The molecule has 0 aromatic rings. The number of amides is 1. The average molecular weight is 249 g/mol. The number of aliphatic carboxylic acids is 1. The number of carboxylic acid groups (broad SMARTS) is 1. The molecule has 1 amide bonds. The van der Waals surface area contributed by atoms with E-state index in [1.54, 1.807) is 6.92 Å². The largest absolute Gasteiger partial charge is 0.480 e. The van der Waals surface area contributed by atoms with Gasteiger partial charge in [-0.15, -0.1) is 0 Å². The first-order chi connectivity index (χ1) is 7.35. The summed E-state index contributed by atoms with van der Waals surface area (Å²) in [5, 5.41) is 8.68. The molecule has 1 N–H and O–H groups in total. The Morgan fingerprint density at radius 3 is 2.44 bits per heavy atom. The minimum atomic E-state index is -3.10. The predicted molar refractivity (Wildman–Crippen MR) is 56.7 cm³/mol. The molecule has 16 heavy (non-hydrogen) atoms. The summed E-state index contributed by atoms with van der Waals surface area (Å²) in [6.07, 6.45) is 0.519. The van der Waals surface area contributed by atoms with Gasteiger partial charge in [0.1, 0.15) is 6.54 Å². The number of nitrogens with zero attached hydrogens (tertiary/aromatic N) is 1. The quantitative estimate of drug-likeness (QED) is 0.725. The SMILES string of the molecule is CCC(=O)N(CC(=O)O)C1CCS(=O)(=O)C1. The van der Waals surface area contributed by atoms with E-state index in [0.717, 1.165) is 4.90 Å². The smallest absolute Gasteiger partial charge is 0.323 e. The van der Waals surface area contributed by atoms with Crippen molar-refractivity contribution in [1.82, 2.24) is 4.90 Å².